The number of carbonyl (C=O) groups excluding carboxylic acids is 3. The molecule has 3 aliphatic rings. The average molecular weight is 607 g/mol. The van der Waals surface area contributed by atoms with Crippen LogP contribution in [0.15, 0.2) is 54.6 Å². The average Bonchev–Trinajstić information content (AvgIpc) is 3.47. The second kappa shape index (κ2) is 11.0. The molecule has 3 fully saturated rings. The Morgan fingerprint density at radius 2 is 1.70 bits per heavy atom. The van der Waals surface area contributed by atoms with Crippen molar-refractivity contribution in [1.29, 1.82) is 0 Å². The van der Waals surface area contributed by atoms with E-state index >= 15 is 0 Å². The van der Waals surface area contributed by atoms with Crippen LogP contribution in [0.4, 0.5) is 11.4 Å². The minimum Gasteiger partial charge on any atom is -0.396 e. The smallest absolute Gasteiger partial charge is 0.248 e. The first-order valence-electron chi connectivity index (χ1n) is 12.5. The number of carbonyl (C=O) groups is 3. The number of aliphatic hydroxyl groups is 1. The molecule has 2 bridgehead atoms. The molecule has 2 aromatic rings. The molecule has 3 unspecified atom stereocenters. The molecule has 2 aromatic carbocycles. The zero-order chi connectivity index (χ0) is 26.2. The lowest BCUT2D eigenvalue weighted by Gasteiger charge is -2.35. The number of hydrogen-bond acceptors (Lipinski definition) is 5. The number of benzene rings is 2. The molecule has 6 atom stereocenters. The van der Waals surface area contributed by atoms with E-state index in [4.69, 9.17) is 11.6 Å². The van der Waals surface area contributed by atoms with Crippen LogP contribution in [0.3, 0.4) is 0 Å². The van der Waals surface area contributed by atoms with Crippen LogP contribution in [0.1, 0.15) is 25.7 Å². The highest BCUT2D eigenvalue weighted by Gasteiger charge is 2.75. The molecular weight excluding hydrogens is 578 g/mol. The molecule has 3 heterocycles. The van der Waals surface area contributed by atoms with Gasteiger partial charge in [-0.1, -0.05) is 45.7 Å². The van der Waals surface area contributed by atoms with Crippen LogP contribution in [-0.2, 0) is 14.4 Å². The van der Waals surface area contributed by atoms with Gasteiger partial charge < -0.3 is 20.6 Å². The van der Waals surface area contributed by atoms with Crippen LogP contribution in [0.2, 0.25) is 5.02 Å². The quantitative estimate of drug-likeness (QED) is 0.288. The molecule has 7 nitrogen and oxygen atoms in total. The van der Waals surface area contributed by atoms with E-state index in [1.165, 1.54) is 0 Å². The summed E-state index contributed by atoms with van der Waals surface area (Å²) in [5.41, 5.74) is 1.29. The fourth-order valence-corrected chi connectivity index (χ4v) is 9.77. The number of likely N-dealkylation sites (tertiary alicyclic amines) is 1. The van der Waals surface area contributed by atoms with Crippen LogP contribution in [0, 0.1) is 11.8 Å². The van der Waals surface area contributed by atoms with E-state index < -0.39 is 22.6 Å². The number of alkyl halides is 1. The Labute approximate surface area is 233 Å². The van der Waals surface area contributed by atoms with Crippen molar-refractivity contribution in [3.8, 4) is 0 Å². The molecule has 0 saturated carbocycles. The Bertz CT molecular complexity index is 1170. The lowest BCUT2D eigenvalue weighted by atomic mass is 9.70. The summed E-state index contributed by atoms with van der Waals surface area (Å²) in [6, 6.07) is 15.4. The minimum absolute atomic E-state index is 0.00763. The van der Waals surface area contributed by atoms with Crippen molar-refractivity contribution < 1.29 is 19.5 Å². The van der Waals surface area contributed by atoms with Gasteiger partial charge in [0, 0.05) is 39.6 Å². The Balaban J connectivity index is 1.46. The summed E-state index contributed by atoms with van der Waals surface area (Å²) < 4.78 is -0.706. The van der Waals surface area contributed by atoms with Gasteiger partial charge >= 0.3 is 0 Å². The molecule has 0 aromatic heterocycles. The second-order valence-electron chi connectivity index (χ2n) is 9.83. The van der Waals surface area contributed by atoms with Crippen molar-refractivity contribution in [3.63, 3.8) is 0 Å². The predicted molar refractivity (Wildman–Crippen MR) is 150 cm³/mol. The summed E-state index contributed by atoms with van der Waals surface area (Å²) in [5, 5.41) is 15.6. The SMILES string of the molecule is O=C(Nc1ccc(Cl)cc1)C1N(CCCCCO)C(=O)[C@@H]2[C@H](C(=O)Nc3ccccc3)[C@H]3SC12CC3Br. The Morgan fingerprint density at radius 3 is 2.41 bits per heavy atom. The third-order valence-electron chi connectivity index (χ3n) is 7.55. The molecule has 3 amide bonds. The van der Waals surface area contributed by atoms with E-state index in [0.717, 1.165) is 6.42 Å². The molecule has 5 rings (SSSR count). The largest absolute Gasteiger partial charge is 0.396 e. The molecule has 196 valence electrons. The van der Waals surface area contributed by atoms with Gasteiger partial charge in [0.15, 0.2) is 0 Å². The fourth-order valence-electron chi connectivity index (χ4n) is 6.03. The first-order chi connectivity index (χ1) is 17.9. The third-order valence-corrected chi connectivity index (χ3v) is 11.0. The number of hydrogen-bond donors (Lipinski definition) is 3. The standard InChI is InChI=1S/C27H29BrClN3O4S/c28-19-15-27-21(20(22(19)37-27)24(34)30-17-7-3-1-4-8-17)26(36)32(13-5-2-6-14-33)23(27)25(35)31-18-11-9-16(29)10-12-18/h1,3-4,7-12,19-23,33H,2,5-6,13-15H2,(H,30,34)(H,31,35)/t19?,20-,21-,22-,23?,27?/m0/s1. The number of nitrogens with zero attached hydrogens (tertiary/aromatic N) is 1. The molecular formula is C27H29BrClN3O4S. The van der Waals surface area contributed by atoms with E-state index in [2.05, 4.69) is 26.6 Å². The maximum Gasteiger partial charge on any atom is 0.248 e. The summed E-state index contributed by atoms with van der Waals surface area (Å²) in [4.78, 5) is 43.1. The first-order valence-corrected chi connectivity index (χ1v) is 14.7. The molecule has 37 heavy (non-hydrogen) atoms. The molecule has 3 N–H and O–H groups in total. The normalized spacial score (nSPS) is 29.9. The third kappa shape index (κ3) is 4.91. The van der Waals surface area contributed by atoms with Gasteiger partial charge in [0.2, 0.25) is 17.7 Å². The van der Waals surface area contributed by atoms with Crippen LogP contribution < -0.4 is 10.6 Å². The number of halogens is 2. The van der Waals surface area contributed by atoms with Gasteiger partial charge in [-0.2, -0.15) is 0 Å². The fraction of sp³-hybridized carbons (Fsp3) is 0.444. The van der Waals surface area contributed by atoms with Crippen LogP contribution in [0.5, 0.6) is 0 Å². The first kappa shape index (κ1) is 26.5. The zero-order valence-electron chi connectivity index (χ0n) is 20.1. The number of para-hydroxylation sites is 1. The highest BCUT2D eigenvalue weighted by atomic mass is 79.9. The van der Waals surface area contributed by atoms with Crippen molar-refractivity contribution in [1.82, 2.24) is 4.90 Å². The summed E-state index contributed by atoms with van der Waals surface area (Å²) in [5.74, 6) is -1.71. The molecule has 10 heteroatoms. The van der Waals surface area contributed by atoms with Gasteiger partial charge in [-0.15, -0.1) is 11.8 Å². The molecule has 0 aliphatic carbocycles. The minimum atomic E-state index is -0.709. The topological polar surface area (TPSA) is 98.7 Å². The van der Waals surface area contributed by atoms with E-state index in [1.54, 1.807) is 40.9 Å². The van der Waals surface area contributed by atoms with Crippen molar-refractivity contribution in [2.45, 2.75) is 46.5 Å². The van der Waals surface area contributed by atoms with Gasteiger partial charge in [-0.3, -0.25) is 14.4 Å². The van der Waals surface area contributed by atoms with E-state index in [1.807, 2.05) is 30.3 Å². The van der Waals surface area contributed by atoms with Crippen LogP contribution in [-0.4, -0.2) is 61.7 Å². The van der Waals surface area contributed by atoms with E-state index in [0.29, 0.717) is 42.2 Å². The number of nitrogens with one attached hydrogen (secondary N) is 2. The van der Waals surface area contributed by atoms with Crippen molar-refractivity contribution >= 4 is 68.4 Å². The number of amides is 3. The van der Waals surface area contributed by atoms with Crippen molar-refractivity contribution in [3.05, 3.63) is 59.6 Å². The highest BCUT2D eigenvalue weighted by Crippen LogP contribution is 2.67. The van der Waals surface area contributed by atoms with Gasteiger partial charge in [0.05, 0.1) is 16.6 Å². The Hall–Kier alpha value is -2.07. The number of aliphatic hydroxyl groups excluding tert-OH is 1. The summed E-state index contributed by atoms with van der Waals surface area (Å²) in [7, 11) is 0. The van der Waals surface area contributed by atoms with E-state index in [-0.39, 0.29) is 34.4 Å². The maximum absolute atomic E-state index is 14.0. The lowest BCUT2D eigenvalue weighted by molar-refractivity contribution is -0.138. The predicted octanol–water partition coefficient (Wildman–Crippen LogP) is 4.54. The number of unbranched alkanes of at least 4 members (excludes halogenated alkanes) is 2. The summed E-state index contributed by atoms with van der Waals surface area (Å²) >= 11 is 11.4. The van der Waals surface area contributed by atoms with Gasteiger partial charge in [0.1, 0.15) is 6.04 Å². The van der Waals surface area contributed by atoms with Gasteiger partial charge in [-0.05, 0) is 62.1 Å². The zero-order valence-corrected chi connectivity index (χ0v) is 23.3. The summed E-state index contributed by atoms with van der Waals surface area (Å²) in [6.45, 7) is 0.493. The molecule has 0 radical (unpaired) electrons. The number of rotatable bonds is 9. The van der Waals surface area contributed by atoms with Crippen LogP contribution >= 0.6 is 39.3 Å². The van der Waals surface area contributed by atoms with Gasteiger partial charge in [-0.25, -0.2) is 0 Å². The lowest BCUT2D eigenvalue weighted by Crippen LogP contribution is -2.52. The molecule has 3 aliphatic heterocycles. The Morgan fingerprint density at radius 1 is 1.03 bits per heavy atom. The van der Waals surface area contributed by atoms with Crippen molar-refractivity contribution in [2.75, 3.05) is 23.8 Å². The second-order valence-corrected chi connectivity index (χ2v) is 13.0. The van der Waals surface area contributed by atoms with E-state index in [9.17, 15) is 19.5 Å². The Kier molecular flexibility index (Phi) is 7.86. The highest BCUT2D eigenvalue weighted by molar-refractivity contribution is 9.09. The molecule has 1 spiro atoms. The molecule has 3 saturated heterocycles. The number of thioether (sulfide) groups is 1. The summed E-state index contributed by atoms with van der Waals surface area (Å²) in [6.07, 6.45) is 2.69. The van der Waals surface area contributed by atoms with Gasteiger partial charge in [0.25, 0.3) is 0 Å². The maximum atomic E-state index is 14.0. The van der Waals surface area contributed by atoms with Crippen LogP contribution in [0.25, 0.3) is 0 Å². The van der Waals surface area contributed by atoms with Crippen molar-refractivity contribution in [2.24, 2.45) is 11.8 Å². The number of anilines is 2. The number of fused-ring (bicyclic) bond motifs is 1. The monoisotopic (exact) mass is 605 g/mol.